The molecule has 0 saturated carbocycles. The van der Waals surface area contributed by atoms with Crippen LogP contribution in [0.15, 0.2) is 24.3 Å². The molecule has 0 bridgehead atoms. The first-order valence-corrected chi connectivity index (χ1v) is 5.84. The fraction of sp³-hybridized carbons (Fsp3) is 0.538. The fourth-order valence-corrected chi connectivity index (χ4v) is 2.39. The molecular formula is C13H19ClO. The van der Waals surface area contributed by atoms with Crippen LogP contribution in [-0.4, -0.2) is 19.6 Å². The van der Waals surface area contributed by atoms with Crippen LogP contribution >= 0.6 is 11.6 Å². The Hall–Kier alpha value is -0.530. The number of benzene rings is 1. The maximum Gasteiger partial charge on any atom is 0.0494 e. The predicted octanol–water partition coefficient (Wildman–Crippen LogP) is 3.60. The molecule has 1 aromatic carbocycles. The molecule has 84 valence electrons. The van der Waals surface area contributed by atoms with E-state index in [9.17, 15) is 0 Å². The summed E-state index contributed by atoms with van der Waals surface area (Å²) in [6.45, 7) is 5.07. The van der Waals surface area contributed by atoms with Crippen molar-refractivity contribution in [3.63, 3.8) is 0 Å². The summed E-state index contributed by atoms with van der Waals surface area (Å²) in [5, 5.41) is 0. The van der Waals surface area contributed by atoms with Crippen LogP contribution in [0, 0.1) is 12.8 Å². The Morgan fingerprint density at radius 2 is 2.00 bits per heavy atom. The third-order valence-corrected chi connectivity index (χ3v) is 3.20. The molecule has 2 unspecified atom stereocenters. The van der Waals surface area contributed by atoms with E-state index in [4.69, 9.17) is 16.3 Å². The molecule has 1 rings (SSSR count). The first-order chi connectivity index (χ1) is 7.20. The van der Waals surface area contributed by atoms with Gasteiger partial charge in [0.15, 0.2) is 0 Å². The van der Waals surface area contributed by atoms with Crippen LogP contribution in [0.3, 0.4) is 0 Å². The van der Waals surface area contributed by atoms with Crippen molar-refractivity contribution in [3.05, 3.63) is 35.4 Å². The highest BCUT2D eigenvalue weighted by Gasteiger charge is 2.19. The Bertz CT molecular complexity index is 298. The van der Waals surface area contributed by atoms with Crippen molar-refractivity contribution < 1.29 is 4.74 Å². The number of alkyl halides is 1. The molecule has 0 radical (unpaired) electrons. The zero-order valence-corrected chi connectivity index (χ0v) is 10.4. The van der Waals surface area contributed by atoms with Crippen LogP contribution in [0.4, 0.5) is 0 Å². The summed E-state index contributed by atoms with van der Waals surface area (Å²) in [6.07, 6.45) is 0. The van der Waals surface area contributed by atoms with Gasteiger partial charge in [-0.25, -0.2) is 0 Å². The molecule has 0 aliphatic carbocycles. The average molecular weight is 227 g/mol. The summed E-state index contributed by atoms with van der Waals surface area (Å²) < 4.78 is 5.19. The topological polar surface area (TPSA) is 9.23 Å². The second kappa shape index (κ2) is 6.14. The van der Waals surface area contributed by atoms with Gasteiger partial charge in [0.2, 0.25) is 0 Å². The van der Waals surface area contributed by atoms with Crippen LogP contribution < -0.4 is 0 Å². The van der Waals surface area contributed by atoms with Gasteiger partial charge in [-0.2, -0.15) is 0 Å². The molecule has 0 heterocycles. The van der Waals surface area contributed by atoms with Gasteiger partial charge in [-0.1, -0.05) is 31.2 Å². The lowest BCUT2D eigenvalue weighted by Gasteiger charge is -2.23. The van der Waals surface area contributed by atoms with E-state index in [1.807, 2.05) is 0 Å². The summed E-state index contributed by atoms with van der Waals surface area (Å²) in [4.78, 5) is 0. The van der Waals surface area contributed by atoms with Crippen molar-refractivity contribution in [2.45, 2.75) is 19.8 Å². The monoisotopic (exact) mass is 226 g/mol. The van der Waals surface area contributed by atoms with Gasteiger partial charge < -0.3 is 4.74 Å². The van der Waals surface area contributed by atoms with Crippen LogP contribution in [0.5, 0.6) is 0 Å². The Morgan fingerprint density at radius 3 is 2.53 bits per heavy atom. The van der Waals surface area contributed by atoms with Gasteiger partial charge in [0.05, 0.1) is 0 Å². The molecule has 1 nitrogen and oxygen atoms in total. The number of methoxy groups -OCH3 is 1. The molecule has 0 aliphatic rings. The Balaban J connectivity index is 2.87. The third kappa shape index (κ3) is 3.22. The first-order valence-electron chi connectivity index (χ1n) is 5.31. The molecule has 0 N–H and O–H groups in total. The second-order valence-electron chi connectivity index (χ2n) is 4.05. The minimum Gasteiger partial charge on any atom is -0.384 e. The molecule has 2 atom stereocenters. The highest BCUT2D eigenvalue weighted by molar-refractivity contribution is 6.18. The summed E-state index contributed by atoms with van der Waals surface area (Å²) >= 11 is 6.05. The van der Waals surface area contributed by atoms with E-state index in [0.29, 0.717) is 17.7 Å². The molecule has 1 aromatic rings. The minimum absolute atomic E-state index is 0.382. The Labute approximate surface area is 97.4 Å². The standard InChI is InChI=1S/C13H19ClO/c1-10-6-4-5-7-12(10)13(8-14)11(2)9-15-3/h4-7,11,13H,8-9H2,1-3H3. The number of ether oxygens (including phenoxy) is 1. The van der Waals surface area contributed by atoms with E-state index in [2.05, 4.69) is 38.1 Å². The lowest BCUT2D eigenvalue weighted by Crippen LogP contribution is -2.17. The Morgan fingerprint density at radius 1 is 1.33 bits per heavy atom. The van der Waals surface area contributed by atoms with Crippen molar-refractivity contribution in [1.82, 2.24) is 0 Å². The third-order valence-electron chi connectivity index (χ3n) is 2.87. The summed E-state index contributed by atoms with van der Waals surface area (Å²) in [5.74, 6) is 1.48. The SMILES string of the molecule is COCC(C)C(CCl)c1ccccc1C. The van der Waals surface area contributed by atoms with Crippen LogP contribution in [0.1, 0.15) is 24.0 Å². The molecule has 0 spiro atoms. The van der Waals surface area contributed by atoms with Crippen molar-refractivity contribution in [2.24, 2.45) is 5.92 Å². The smallest absolute Gasteiger partial charge is 0.0494 e. The van der Waals surface area contributed by atoms with Gasteiger partial charge >= 0.3 is 0 Å². The number of hydrogen-bond donors (Lipinski definition) is 0. The number of halogens is 1. The minimum atomic E-state index is 0.382. The lowest BCUT2D eigenvalue weighted by molar-refractivity contribution is 0.150. The van der Waals surface area contributed by atoms with Gasteiger partial charge in [-0.15, -0.1) is 11.6 Å². The summed E-state index contributed by atoms with van der Waals surface area (Å²) in [7, 11) is 1.74. The normalized spacial score (nSPS) is 14.9. The zero-order valence-electron chi connectivity index (χ0n) is 9.66. The summed E-state index contributed by atoms with van der Waals surface area (Å²) in [6, 6.07) is 8.43. The lowest BCUT2D eigenvalue weighted by atomic mass is 9.87. The van der Waals surface area contributed by atoms with Crippen molar-refractivity contribution in [3.8, 4) is 0 Å². The van der Waals surface area contributed by atoms with E-state index in [1.54, 1.807) is 7.11 Å². The van der Waals surface area contributed by atoms with E-state index < -0.39 is 0 Å². The van der Waals surface area contributed by atoms with Crippen LogP contribution in [0.25, 0.3) is 0 Å². The van der Waals surface area contributed by atoms with E-state index in [1.165, 1.54) is 11.1 Å². The number of aryl methyl sites for hydroxylation is 1. The molecule has 15 heavy (non-hydrogen) atoms. The highest BCUT2D eigenvalue weighted by atomic mass is 35.5. The molecule has 0 aromatic heterocycles. The molecule has 0 saturated heterocycles. The van der Waals surface area contributed by atoms with Crippen LogP contribution in [-0.2, 0) is 4.74 Å². The van der Waals surface area contributed by atoms with Gasteiger partial charge in [0.1, 0.15) is 0 Å². The molecule has 0 fully saturated rings. The molecular weight excluding hydrogens is 208 g/mol. The number of hydrogen-bond acceptors (Lipinski definition) is 1. The maximum absolute atomic E-state index is 6.05. The second-order valence-corrected chi connectivity index (χ2v) is 4.36. The quantitative estimate of drug-likeness (QED) is 0.698. The molecule has 2 heteroatoms. The van der Waals surface area contributed by atoms with E-state index >= 15 is 0 Å². The highest BCUT2D eigenvalue weighted by Crippen LogP contribution is 2.28. The van der Waals surface area contributed by atoms with E-state index in [-0.39, 0.29) is 0 Å². The predicted molar refractivity (Wildman–Crippen MR) is 65.7 cm³/mol. The molecule has 0 aliphatic heterocycles. The van der Waals surface area contributed by atoms with Crippen molar-refractivity contribution >= 4 is 11.6 Å². The van der Waals surface area contributed by atoms with Gasteiger partial charge in [-0.05, 0) is 24.0 Å². The fourth-order valence-electron chi connectivity index (χ4n) is 1.92. The van der Waals surface area contributed by atoms with Gasteiger partial charge in [0, 0.05) is 25.5 Å². The summed E-state index contributed by atoms with van der Waals surface area (Å²) in [5.41, 5.74) is 2.66. The van der Waals surface area contributed by atoms with Gasteiger partial charge in [0.25, 0.3) is 0 Å². The first kappa shape index (κ1) is 12.5. The largest absolute Gasteiger partial charge is 0.384 e. The van der Waals surface area contributed by atoms with Crippen molar-refractivity contribution in [1.29, 1.82) is 0 Å². The Kier molecular flexibility index (Phi) is 5.13. The molecule has 0 amide bonds. The zero-order chi connectivity index (χ0) is 11.3. The van der Waals surface area contributed by atoms with Gasteiger partial charge in [-0.3, -0.25) is 0 Å². The van der Waals surface area contributed by atoms with Crippen molar-refractivity contribution in [2.75, 3.05) is 19.6 Å². The van der Waals surface area contributed by atoms with Crippen LogP contribution in [0.2, 0.25) is 0 Å². The average Bonchev–Trinajstić information content (AvgIpc) is 2.22. The maximum atomic E-state index is 6.05. The number of rotatable bonds is 5. The van der Waals surface area contributed by atoms with E-state index in [0.717, 1.165) is 6.61 Å².